The smallest absolute Gasteiger partial charge is 0.224 e. The highest BCUT2D eigenvalue weighted by atomic mass is 32.2. The van der Waals surface area contributed by atoms with Crippen LogP contribution in [0, 0.1) is 11.3 Å². The van der Waals surface area contributed by atoms with Crippen LogP contribution in [-0.2, 0) is 6.42 Å². The first-order valence-electron chi connectivity index (χ1n) is 9.54. The number of nitrogens with zero attached hydrogens (tertiary/aromatic N) is 1. The van der Waals surface area contributed by atoms with Crippen molar-refractivity contribution < 1.29 is 4.79 Å². The number of hydrogen-bond acceptors (Lipinski definition) is 3. The summed E-state index contributed by atoms with van der Waals surface area (Å²) in [6.45, 7) is 2.25. The summed E-state index contributed by atoms with van der Waals surface area (Å²) in [5.74, 6) is 0. The molecule has 2 aromatic carbocycles. The third-order valence-corrected chi connectivity index (χ3v) is 5.38. The molecule has 0 aliphatic carbocycles. The van der Waals surface area contributed by atoms with Gasteiger partial charge in [-0.3, -0.25) is 4.79 Å². The molecule has 3 heteroatoms. The Balaban J connectivity index is 1.75. The predicted molar refractivity (Wildman–Crippen MR) is 109 cm³/mol. The van der Waals surface area contributed by atoms with Gasteiger partial charge in [-0.2, -0.15) is 5.26 Å². The first-order valence-corrected chi connectivity index (χ1v) is 10.4. The molecule has 0 spiro atoms. The average Bonchev–Trinajstić information content (AvgIpc) is 2.68. The van der Waals surface area contributed by atoms with Crippen LogP contribution >= 0.6 is 11.8 Å². The maximum Gasteiger partial charge on any atom is 0.224 e. The quantitative estimate of drug-likeness (QED) is 0.344. The molecule has 2 aromatic rings. The summed E-state index contributed by atoms with van der Waals surface area (Å²) in [7, 11) is 0. The van der Waals surface area contributed by atoms with Crippen LogP contribution in [0.25, 0.3) is 0 Å². The van der Waals surface area contributed by atoms with Crippen LogP contribution in [0.5, 0.6) is 0 Å². The van der Waals surface area contributed by atoms with Crippen molar-refractivity contribution in [2.75, 3.05) is 0 Å². The largest absolute Gasteiger partial charge is 0.281 e. The van der Waals surface area contributed by atoms with E-state index in [1.807, 2.05) is 24.3 Å². The van der Waals surface area contributed by atoms with E-state index >= 15 is 0 Å². The van der Waals surface area contributed by atoms with Crippen molar-refractivity contribution in [3.8, 4) is 6.07 Å². The monoisotopic (exact) mass is 365 g/mol. The molecule has 136 valence electrons. The maximum absolute atomic E-state index is 12.4. The van der Waals surface area contributed by atoms with E-state index in [0.29, 0.717) is 5.56 Å². The Kier molecular flexibility index (Phi) is 9.00. The molecule has 0 bridgehead atoms. The van der Waals surface area contributed by atoms with E-state index in [4.69, 9.17) is 5.26 Å². The van der Waals surface area contributed by atoms with Crippen LogP contribution < -0.4 is 0 Å². The standard InChI is InChI=1S/C23H27NOS/c1-2-3-4-5-6-7-8-9-19-10-14-21(15-11-19)23(25)26-22-16-12-20(18-24)13-17-22/h10-17H,2-9H2,1H3. The summed E-state index contributed by atoms with van der Waals surface area (Å²) in [6.07, 6.45) is 10.3. The SMILES string of the molecule is CCCCCCCCCc1ccc(C(=O)Sc2ccc(C#N)cc2)cc1. The number of carbonyl (C=O) groups excluding carboxylic acids is 1. The van der Waals surface area contributed by atoms with Gasteiger partial charge < -0.3 is 0 Å². The summed E-state index contributed by atoms with van der Waals surface area (Å²) in [5.41, 5.74) is 2.64. The topological polar surface area (TPSA) is 40.9 Å². The highest BCUT2D eigenvalue weighted by Crippen LogP contribution is 2.23. The molecule has 2 nitrogen and oxygen atoms in total. The van der Waals surface area contributed by atoms with E-state index in [2.05, 4.69) is 25.1 Å². The van der Waals surface area contributed by atoms with Gasteiger partial charge >= 0.3 is 0 Å². The molecule has 0 aromatic heterocycles. The lowest BCUT2D eigenvalue weighted by atomic mass is 10.0. The van der Waals surface area contributed by atoms with Gasteiger partial charge in [-0.25, -0.2) is 0 Å². The first-order chi connectivity index (χ1) is 12.7. The summed E-state index contributed by atoms with van der Waals surface area (Å²) < 4.78 is 0. The second kappa shape index (κ2) is 11.5. The Morgan fingerprint density at radius 3 is 2.12 bits per heavy atom. The molecule has 0 N–H and O–H groups in total. The Morgan fingerprint density at radius 2 is 1.50 bits per heavy atom. The summed E-state index contributed by atoms with van der Waals surface area (Å²) in [5, 5.41) is 8.86. The molecule has 0 aliphatic heterocycles. The van der Waals surface area contributed by atoms with E-state index in [0.717, 1.165) is 16.9 Å². The van der Waals surface area contributed by atoms with Crippen molar-refractivity contribution in [2.45, 2.75) is 63.2 Å². The van der Waals surface area contributed by atoms with Crippen molar-refractivity contribution in [2.24, 2.45) is 0 Å². The van der Waals surface area contributed by atoms with Gasteiger partial charge in [-0.05, 0) is 54.4 Å². The zero-order valence-electron chi connectivity index (χ0n) is 15.5. The highest BCUT2D eigenvalue weighted by Gasteiger charge is 2.08. The third kappa shape index (κ3) is 7.06. The zero-order chi connectivity index (χ0) is 18.6. The fourth-order valence-corrected chi connectivity index (χ4v) is 3.60. The van der Waals surface area contributed by atoms with Crippen LogP contribution in [-0.4, -0.2) is 5.12 Å². The summed E-state index contributed by atoms with van der Waals surface area (Å²) >= 11 is 1.20. The second-order valence-electron chi connectivity index (χ2n) is 6.59. The minimum Gasteiger partial charge on any atom is -0.281 e. The molecule has 0 radical (unpaired) electrons. The first kappa shape index (κ1) is 20.3. The number of hydrogen-bond donors (Lipinski definition) is 0. The van der Waals surface area contributed by atoms with Gasteiger partial charge in [0.1, 0.15) is 0 Å². The molecule has 2 rings (SSSR count). The summed E-state index contributed by atoms with van der Waals surface area (Å²) in [6, 6.07) is 17.2. The van der Waals surface area contributed by atoms with Crippen LogP contribution in [0.4, 0.5) is 0 Å². The van der Waals surface area contributed by atoms with E-state index in [1.54, 1.807) is 12.1 Å². The van der Waals surface area contributed by atoms with E-state index in [9.17, 15) is 4.79 Å². The predicted octanol–water partition coefficient (Wildman–Crippen LogP) is 6.78. The Hall–Kier alpha value is -2.05. The number of carbonyl (C=O) groups is 1. The molecule has 0 fully saturated rings. The fraction of sp³-hybridized carbons (Fsp3) is 0.391. The molecular formula is C23H27NOS. The number of nitriles is 1. The fourth-order valence-electron chi connectivity index (χ4n) is 2.86. The Morgan fingerprint density at radius 1 is 0.885 bits per heavy atom. The minimum atomic E-state index is 0.0391. The molecule has 0 aliphatic rings. The molecule has 0 atom stereocenters. The molecule has 0 heterocycles. The van der Waals surface area contributed by atoms with Gasteiger partial charge in [0.05, 0.1) is 11.6 Å². The number of unbranched alkanes of at least 4 members (excludes halogenated alkanes) is 6. The van der Waals surface area contributed by atoms with Crippen molar-refractivity contribution in [1.29, 1.82) is 5.26 Å². The second-order valence-corrected chi connectivity index (χ2v) is 7.64. The average molecular weight is 366 g/mol. The normalized spacial score (nSPS) is 10.5. The Labute approximate surface area is 161 Å². The van der Waals surface area contributed by atoms with Gasteiger partial charge in [0.2, 0.25) is 5.12 Å². The van der Waals surface area contributed by atoms with E-state index < -0.39 is 0 Å². The lowest BCUT2D eigenvalue weighted by Gasteiger charge is -2.05. The van der Waals surface area contributed by atoms with Crippen molar-refractivity contribution in [1.82, 2.24) is 0 Å². The summed E-state index contributed by atoms with van der Waals surface area (Å²) in [4.78, 5) is 13.2. The molecular weight excluding hydrogens is 338 g/mol. The molecule has 0 unspecified atom stereocenters. The van der Waals surface area contributed by atoms with Crippen molar-refractivity contribution in [3.05, 3.63) is 65.2 Å². The molecule has 0 amide bonds. The van der Waals surface area contributed by atoms with Crippen LogP contribution in [0.3, 0.4) is 0 Å². The number of benzene rings is 2. The number of rotatable bonds is 10. The number of aryl methyl sites for hydroxylation is 1. The van der Waals surface area contributed by atoms with E-state index in [-0.39, 0.29) is 5.12 Å². The molecule has 0 saturated heterocycles. The van der Waals surface area contributed by atoms with Gasteiger partial charge in [0.15, 0.2) is 0 Å². The van der Waals surface area contributed by atoms with Crippen LogP contribution in [0.1, 0.15) is 73.4 Å². The number of thioether (sulfide) groups is 1. The molecule has 0 saturated carbocycles. The lowest BCUT2D eigenvalue weighted by molar-refractivity contribution is 0.108. The third-order valence-electron chi connectivity index (χ3n) is 4.45. The Bertz CT molecular complexity index is 713. The lowest BCUT2D eigenvalue weighted by Crippen LogP contribution is -1.94. The van der Waals surface area contributed by atoms with E-state index in [1.165, 1.54) is 62.3 Å². The minimum absolute atomic E-state index is 0.0391. The molecule has 26 heavy (non-hydrogen) atoms. The van der Waals surface area contributed by atoms with Gasteiger partial charge in [-0.1, -0.05) is 69.7 Å². The van der Waals surface area contributed by atoms with Crippen LogP contribution in [0.15, 0.2) is 53.4 Å². The van der Waals surface area contributed by atoms with Crippen molar-refractivity contribution >= 4 is 16.9 Å². The van der Waals surface area contributed by atoms with Crippen LogP contribution in [0.2, 0.25) is 0 Å². The van der Waals surface area contributed by atoms with Gasteiger partial charge in [-0.15, -0.1) is 0 Å². The highest BCUT2D eigenvalue weighted by molar-refractivity contribution is 8.14. The van der Waals surface area contributed by atoms with Crippen molar-refractivity contribution in [3.63, 3.8) is 0 Å². The van der Waals surface area contributed by atoms with Gasteiger partial charge in [0.25, 0.3) is 0 Å². The van der Waals surface area contributed by atoms with Gasteiger partial charge in [0, 0.05) is 10.5 Å². The maximum atomic E-state index is 12.4. The zero-order valence-corrected chi connectivity index (χ0v) is 16.4.